The summed E-state index contributed by atoms with van der Waals surface area (Å²) < 4.78 is 0. The van der Waals surface area contributed by atoms with Gasteiger partial charge in [0.2, 0.25) is 5.91 Å². The van der Waals surface area contributed by atoms with Crippen molar-refractivity contribution in [2.24, 2.45) is 17.8 Å². The Bertz CT molecular complexity index is 1210. The number of rotatable bonds is 5. The number of carbonyl (C=O) groups excluding carboxylic acids is 2. The van der Waals surface area contributed by atoms with Gasteiger partial charge in [-0.25, -0.2) is 4.98 Å². The second-order valence-corrected chi connectivity index (χ2v) is 11.0. The highest BCUT2D eigenvalue weighted by molar-refractivity contribution is 5.98. The smallest absolute Gasteiger partial charge is 0.251 e. The van der Waals surface area contributed by atoms with E-state index in [0.29, 0.717) is 17.4 Å². The molecule has 3 unspecified atom stereocenters. The number of benzene rings is 2. The molecule has 36 heavy (non-hydrogen) atoms. The zero-order chi connectivity index (χ0) is 25.1. The molecule has 0 spiro atoms. The number of amides is 2. The van der Waals surface area contributed by atoms with Crippen LogP contribution in [-0.2, 0) is 4.79 Å². The normalized spacial score (nSPS) is 23.2. The van der Waals surface area contributed by atoms with Crippen LogP contribution in [0.15, 0.2) is 42.5 Å². The number of aromatic nitrogens is 2. The fourth-order valence-corrected chi connectivity index (χ4v) is 5.72. The minimum Gasteiger partial charge on any atom is -0.349 e. The van der Waals surface area contributed by atoms with E-state index in [-0.39, 0.29) is 23.8 Å². The summed E-state index contributed by atoms with van der Waals surface area (Å²) >= 11 is 0. The summed E-state index contributed by atoms with van der Waals surface area (Å²) in [5, 5.41) is 6.31. The molecule has 6 heteroatoms. The Labute approximate surface area is 213 Å². The Hall–Kier alpha value is -3.15. The lowest BCUT2D eigenvalue weighted by Crippen LogP contribution is -2.34. The topological polar surface area (TPSA) is 86.9 Å². The van der Waals surface area contributed by atoms with Crippen LogP contribution in [0.1, 0.15) is 82.0 Å². The van der Waals surface area contributed by atoms with Gasteiger partial charge in [-0.05, 0) is 86.4 Å². The molecule has 0 saturated heterocycles. The zero-order valence-corrected chi connectivity index (χ0v) is 21.5. The predicted octanol–water partition coefficient (Wildman–Crippen LogP) is 6.69. The van der Waals surface area contributed by atoms with Gasteiger partial charge in [0.1, 0.15) is 5.82 Å². The summed E-state index contributed by atoms with van der Waals surface area (Å²) in [6.45, 7) is 4.53. The van der Waals surface area contributed by atoms with Crippen molar-refractivity contribution in [3.63, 3.8) is 0 Å². The first-order chi connectivity index (χ1) is 17.5. The van der Waals surface area contributed by atoms with Gasteiger partial charge in [0.25, 0.3) is 5.91 Å². The Kier molecular flexibility index (Phi) is 7.40. The van der Waals surface area contributed by atoms with Crippen molar-refractivity contribution in [3.8, 4) is 11.4 Å². The number of hydrogen-bond acceptors (Lipinski definition) is 3. The monoisotopic (exact) mass is 486 g/mol. The lowest BCUT2D eigenvalue weighted by molar-refractivity contribution is -0.121. The van der Waals surface area contributed by atoms with Gasteiger partial charge >= 0.3 is 0 Å². The SMILES string of the molecule is CC1CCC(C(=O)Nc2ccc(-c3nc4cc(C(=O)NC5CCCCCC5)ccc4[nH]3)cc2)CC1C. The maximum Gasteiger partial charge on any atom is 0.251 e. The molecule has 2 aromatic carbocycles. The standard InChI is InChI=1S/C30H38N4O2/c1-19-9-10-22(17-20(19)2)29(35)32-25-14-11-21(12-15-25)28-33-26-16-13-23(18-27(26)34-28)30(36)31-24-7-5-3-4-6-8-24/h11-16,18-20,22,24H,3-10,17H2,1-2H3,(H,31,36)(H,32,35)(H,33,34). The van der Waals surface area contributed by atoms with E-state index in [1.165, 1.54) is 25.7 Å². The average molecular weight is 487 g/mol. The molecule has 0 radical (unpaired) electrons. The molecule has 2 fully saturated rings. The average Bonchev–Trinajstić information content (AvgIpc) is 3.14. The molecule has 1 aromatic heterocycles. The van der Waals surface area contributed by atoms with Gasteiger partial charge in [-0.2, -0.15) is 0 Å². The number of nitrogens with zero attached hydrogens (tertiary/aromatic N) is 1. The molecule has 2 aliphatic rings. The second-order valence-electron chi connectivity index (χ2n) is 11.0. The Balaban J connectivity index is 1.24. The first-order valence-corrected chi connectivity index (χ1v) is 13.7. The van der Waals surface area contributed by atoms with Crippen molar-refractivity contribution in [1.82, 2.24) is 15.3 Å². The number of anilines is 1. The summed E-state index contributed by atoms with van der Waals surface area (Å²) in [6.07, 6.45) is 10.1. The number of imidazole rings is 1. The summed E-state index contributed by atoms with van der Waals surface area (Å²) in [5.74, 6) is 2.24. The Morgan fingerprint density at radius 1 is 0.889 bits per heavy atom. The molecule has 2 amide bonds. The van der Waals surface area contributed by atoms with Crippen molar-refractivity contribution in [2.75, 3.05) is 5.32 Å². The third-order valence-corrected chi connectivity index (χ3v) is 8.33. The molecule has 2 aliphatic carbocycles. The van der Waals surface area contributed by atoms with Crippen LogP contribution in [0.5, 0.6) is 0 Å². The van der Waals surface area contributed by atoms with E-state index in [1.807, 2.05) is 42.5 Å². The molecule has 6 nitrogen and oxygen atoms in total. The summed E-state index contributed by atoms with van der Waals surface area (Å²) in [4.78, 5) is 33.7. The van der Waals surface area contributed by atoms with Crippen LogP contribution in [0.4, 0.5) is 5.69 Å². The van der Waals surface area contributed by atoms with Gasteiger partial charge in [0, 0.05) is 28.8 Å². The lowest BCUT2D eigenvalue weighted by atomic mass is 9.75. The third kappa shape index (κ3) is 5.63. The van der Waals surface area contributed by atoms with E-state index in [0.717, 1.165) is 60.2 Å². The van der Waals surface area contributed by atoms with E-state index >= 15 is 0 Å². The van der Waals surface area contributed by atoms with Crippen LogP contribution in [-0.4, -0.2) is 27.8 Å². The number of H-pyrrole nitrogens is 1. The lowest BCUT2D eigenvalue weighted by Gasteiger charge is -2.31. The predicted molar refractivity (Wildman–Crippen MR) is 145 cm³/mol. The van der Waals surface area contributed by atoms with Crippen LogP contribution in [0, 0.1) is 17.8 Å². The highest BCUT2D eigenvalue weighted by Gasteiger charge is 2.29. The molecule has 5 rings (SSSR count). The molecule has 3 N–H and O–H groups in total. The molecule has 3 aromatic rings. The Morgan fingerprint density at radius 2 is 1.64 bits per heavy atom. The molecule has 1 heterocycles. The van der Waals surface area contributed by atoms with Crippen molar-refractivity contribution < 1.29 is 9.59 Å². The largest absolute Gasteiger partial charge is 0.349 e. The number of aromatic amines is 1. The molecular formula is C30H38N4O2. The van der Waals surface area contributed by atoms with E-state index in [1.54, 1.807) is 0 Å². The molecule has 0 bridgehead atoms. The molecule has 0 aliphatic heterocycles. The molecule has 190 valence electrons. The molecule has 3 atom stereocenters. The van der Waals surface area contributed by atoms with Gasteiger partial charge < -0.3 is 15.6 Å². The van der Waals surface area contributed by atoms with Crippen LogP contribution < -0.4 is 10.6 Å². The first-order valence-electron chi connectivity index (χ1n) is 13.7. The second kappa shape index (κ2) is 10.9. The third-order valence-electron chi connectivity index (χ3n) is 8.33. The Morgan fingerprint density at radius 3 is 2.36 bits per heavy atom. The summed E-state index contributed by atoms with van der Waals surface area (Å²) in [6, 6.07) is 13.7. The van der Waals surface area contributed by atoms with E-state index in [2.05, 4.69) is 29.5 Å². The van der Waals surface area contributed by atoms with E-state index in [4.69, 9.17) is 4.98 Å². The molecular weight excluding hydrogens is 448 g/mol. The summed E-state index contributed by atoms with van der Waals surface area (Å²) in [5.41, 5.74) is 4.07. The minimum atomic E-state index is -0.0183. The van der Waals surface area contributed by atoms with Crippen LogP contribution >= 0.6 is 0 Å². The summed E-state index contributed by atoms with van der Waals surface area (Å²) in [7, 11) is 0. The van der Waals surface area contributed by atoms with Gasteiger partial charge in [-0.1, -0.05) is 39.5 Å². The van der Waals surface area contributed by atoms with Gasteiger partial charge in [0.05, 0.1) is 11.0 Å². The number of carbonyl (C=O) groups is 2. The first kappa shape index (κ1) is 24.5. The van der Waals surface area contributed by atoms with Crippen LogP contribution in [0.3, 0.4) is 0 Å². The van der Waals surface area contributed by atoms with E-state index < -0.39 is 0 Å². The number of fused-ring (bicyclic) bond motifs is 1. The van der Waals surface area contributed by atoms with Crippen molar-refractivity contribution >= 4 is 28.5 Å². The fourth-order valence-electron chi connectivity index (χ4n) is 5.72. The molecule has 2 saturated carbocycles. The van der Waals surface area contributed by atoms with Gasteiger partial charge in [0.15, 0.2) is 0 Å². The minimum absolute atomic E-state index is 0.0183. The van der Waals surface area contributed by atoms with Gasteiger partial charge in [-0.3, -0.25) is 9.59 Å². The highest BCUT2D eigenvalue weighted by Crippen LogP contribution is 2.34. The van der Waals surface area contributed by atoms with E-state index in [9.17, 15) is 9.59 Å². The highest BCUT2D eigenvalue weighted by atomic mass is 16.2. The van der Waals surface area contributed by atoms with Crippen LogP contribution in [0.25, 0.3) is 22.4 Å². The van der Waals surface area contributed by atoms with Crippen molar-refractivity contribution in [1.29, 1.82) is 0 Å². The quantitative estimate of drug-likeness (QED) is 0.351. The maximum absolute atomic E-state index is 12.8. The fraction of sp³-hybridized carbons (Fsp3) is 0.500. The van der Waals surface area contributed by atoms with Gasteiger partial charge in [-0.15, -0.1) is 0 Å². The van der Waals surface area contributed by atoms with Crippen molar-refractivity contribution in [2.45, 2.75) is 77.7 Å². The maximum atomic E-state index is 12.8. The van der Waals surface area contributed by atoms with Crippen molar-refractivity contribution in [3.05, 3.63) is 48.0 Å². The van der Waals surface area contributed by atoms with Crippen LogP contribution in [0.2, 0.25) is 0 Å². The zero-order valence-electron chi connectivity index (χ0n) is 21.5. The number of nitrogens with one attached hydrogen (secondary N) is 3. The number of hydrogen-bond donors (Lipinski definition) is 3.